The second-order valence-corrected chi connectivity index (χ2v) is 7.59. The smallest absolute Gasteiger partial charge is 0.239 e. The first-order chi connectivity index (χ1) is 13.9. The maximum Gasteiger partial charge on any atom is 0.239 e. The number of benzene rings is 1. The van der Waals surface area contributed by atoms with Crippen molar-refractivity contribution in [1.82, 2.24) is 15.1 Å². The van der Waals surface area contributed by atoms with Crippen LogP contribution >= 0.6 is 0 Å². The van der Waals surface area contributed by atoms with Crippen LogP contribution in [0.4, 0.5) is 5.69 Å². The van der Waals surface area contributed by atoms with E-state index < -0.39 is 0 Å². The van der Waals surface area contributed by atoms with Gasteiger partial charge in [0.2, 0.25) is 11.8 Å². The van der Waals surface area contributed by atoms with Crippen molar-refractivity contribution >= 4 is 17.5 Å². The standard InChI is InChI=1S/C22H30N4O3/c1-17-6-4-8-20(18(17)2)26-11-9-25(10-12-26)16-22(28)24(3)15-21(27)23-14-19-7-5-13-29-19/h4-8,13H,9-12,14-16H2,1-3H3,(H,23,27). The van der Waals surface area contributed by atoms with Crippen molar-refractivity contribution in [3.8, 4) is 0 Å². The summed E-state index contributed by atoms with van der Waals surface area (Å²) in [6.45, 7) is 8.45. The lowest BCUT2D eigenvalue weighted by molar-refractivity contribution is -0.135. The number of hydrogen-bond donors (Lipinski definition) is 1. The van der Waals surface area contributed by atoms with Crippen LogP contribution in [0, 0.1) is 13.8 Å². The Bertz CT molecular complexity index is 827. The van der Waals surface area contributed by atoms with Crippen molar-refractivity contribution in [3.63, 3.8) is 0 Å². The van der Waals surface area contributed by atoms with E-state index in [4.69, 9.17) is 4.42 Å². The Morgan fingerprint density at radius 2 is 1.86 bits per heavy atom. The largest absolute Gasteiger partial charge is 0.467 e. The molecule has 0 atom stereocenters. The van der Waals surface area contributed by atoms with E-state index >= 15 is 0 Å². The van der Waals surface area contributed by atoms with Crippen LogP contribution in [0.3, 0.4) is 0 Å². The monoisotopic (exact) mass is 398 g/mol. The summed E-state index contributed by atoms with van der Waals surface area (Å²) in [6.07, 6.45) is 1.57. The Balaban J connectivity index is 1.41. The molecular formula is C22H30N4O3. The third-order valence-electron chi connectivity index (χ3n) is 5.49. The number of piperazine rings is 1. The molecule has 156 valence electrons. The molecule has 0 radical (unpaired) electrons. The van der Waals surface area contributed by atoms with Crippen LogP contribution in [0.25, 0.3) is 0 Å². The number of hydrogen-bond acceptors (Lipinski definition) is 5. The fourth-order valence-electron chi connectivity index (χ4n) is 3.50. The third kappa shape index (κ3) is 5.60. The van der Waals surface area contributed by atoms with E-state index in [1.54, 1.807) is 25.4 Å². The second-order valence-electron chi connectivity index (χ2n) is 7.59. The number of amides is 2. The van der Waals surface area contributed by atoms with E-state index in [9.17, 15) is 9.59 Å². The lowest BCUT2D eigenvalue weighted by atomic mass is 10.1. The van der Waals surface area contributed by atoms with Crippen molar-refractivity contribution in [2.45, 2.75) is 20.4 Å². The van der Waals surface area contributed by atoms with Crippen molar-refractivity contribution in [2.75, 3.05) is 51.2 Å². The minimum absolute atomic E-state index is 0.0432. The average Bonchev–Trinajstić information content (AvgIpc) is 3.23. The lowest BCUT2D eigenvalue weighted by Crippen LogP contribution is -2.50. The van der Waals surface area contributed by atoms with Gasteiger partial charge in [0.25, 0.3) is 0 Å². The number of nitrogens with zero attached hydrogens (tertiary/aromatic N) is 3. The van der Waals surface area contributed by atoms with Crippen LogP contribution < -0.4 is 10.2 Å². The number of carbonyl (C=O) groups is 2. The molecule has 3 rings (SSSR count). The summed E-state index contributed by atoms with van der Waals surface area (Å²) in [4.78, 5) is 30.6. The van der Waals surface area contributed by atoms with Crippen LogP contribution in [0.5, 0.6) is 0 Å². The van der Waals surface area contributed by atoms with Crippen LogP contribution in [0.1, 0.15) is 16.9 Å². The molecule has 1 N–H and O–H groups in total. The molecule has 1 aromatic heterocycles. The minimum atomic E-state index is -0.197. The van der Waals surface area contributed by atoms with E-state index in [1.807, 2.05) is 0 Å². The Morgan fingerprint density at radius 1 is 1.10 bits per heavy atom. The van der Waals surface area contributed by atoms with Crippen molar-refractivity contribution in [3.05, 3.63) is 53.5 Å². The number of likely N-dealkylation sites (N-methyl/N-ethyl adjacent to an activating group) is 1. The summed E-state index contributed by atoms with van der Waals surface area (Å²) < 4.78 is 5.19. The minimum Gasteiger partial charge on any atom is -0.467 e. The van der Waals surface area contributed by atoms with Gasteiger partial charge in [-0.25, -0.2) is 0 Å². The molecule has 0 saturated carbocycles. The first-order valence-electron chi connectivity index (χ1n) is 10.0. The third-order valence-corrected chi connectivity index (χ3v) is 5.49. The molecule has 0 spiro atoms. The molecule has 1 saturated heterocycles. The van der Waals surface area contributed by atoms with Gasteiger partial charge in [-0.2, -0.15) is 0 Å². The first-order valence-corrected chi connectivity index (χ1v) is 10.0. The van der Waals surface area contributed by atoms with Gasteiger partial charge in [-0.1, -0.05) is 12.1 Å². The number of aryl methyl sites for hydroxylation is 1. The Morgan fingerprint density at radius 3 is 2.55 bits per heavy atom. The van der Waals surface area contributed by atoms with E-state index in [0.717, 1.165) is 26.2 Å². The molecule has 2 amide bonds. The van der Waals surface area contributed by atoms with Crippen LogP contribution in [-0.2, 0) is 16.1 Å². The molecule has 0 unspecified atom stereocenters. The predicted molar refractivity (Wildman–Crippen MR) is 113 cm³/mol. The Hall–Kier alpha value is -2.80. The number of rotatable bonds is 7. The molecule has 7 heteroatoms. The van der Waals surface area contributed by atoms with E-state index in [1.165, 1.54) is 21.7 Å². The maximum absolute atomic E-state index is 12.5. The number of carbonyl (C=O) groups excluding carboxylic acids is 2. The average molecular weight is 399 g/mol. The molecular weight excluding hydrogens is 368 g/mol. The highest BCUT2D eigenvalue weighted by molar-refractivity contribution is 5.85. The summed E-state index contributed by atoms with van der Waals surface area (Å²) in [5.41, 5.74) is 3.89. The number of nitrogens with one attached hydrogen (secondary N) is 1. The van der Waals surface area contributed by atoms with Gasteiger partial charge in [0.15, 0.2) is 0 Å². The van der Waals surface area contributed by atoms with E-state index in [-0.39, 0.29) is 18.4 Å². The van der Waals surface area contributed by atoms with E-state index in [0.29, 0.717) is 18.8 Å². The Kier molecular flexibility index (Phi) is 6.93. The number of anilines is 1. The molecule has 1 aliphatic heterocycles. The topological polar surface area (TPSA) is 69.0 Å². The van der Waals surface area contributed by atoms with Gasteiger partial charge in [0.05, 0.1) is 25.9 Å². The van der Waals surface area contributed by atoms with Gasteiger partial charge in [-0.15, -0.1) is 0 Å². The molecule has 2 aromatic rings. The fraction of sp³-hybridized carbons (Fsp3) is 0.455. The van der Waals surface area contributed by atoms with Crippen LogP contribution in [-0.4, -0.2) is 67.9 Å². The summed E-state index contributed by atoms with van der Waals surface area (Å²) >= 11 is 0. The SMILES string of the molecule is Cc1cccc(N2CCN(CC(=O)N(C)CC(=O)NCc3ccco3)CC2)c1C. The van der Waals surface area contributed by atoms with Gasteiger partial charge in [0, 0.05) is 38.9 Å². The van der Waals surface area contributed by atoms with E-state index in [2.05, 4.69) is 47.2 Å². The fourth-order valence-corrected chi connectivity index (χ4v) is 3.50. The molecule has 1 aromatic carbocycles. The summed E-state index contributed by atoms with van der Waals surface area (Å²) in [7, 11) is 1.67. The lowest BCUT2D eigenvalue weighted by Gasteiger charge is -2.37. The highest BCUT2D eigenvalue weighted by Crippen LogP contribution is 2.23. The first kappa shape index (κ1) is 20.9. The molecule has 1 fully saturated rings. The molecule has 7 nitrogen and oxygen atoms in total. The van der Waals surface area contributed by atoms with Crippen LogP contribution in [0.2, 0.25) is 0 Å². The van der Waals surface area contributed by atoms with Crippen molar-refractivity contribution in [2.24, 2.45) is 0 Å². The number of furan rings is 1. The quantitative estimate of drug-likeness (QED) is 0.770. The van der Waals surface area contributed by atoms with Crippen LogP contribution in [0.15, 0.2) is 41.0 Å². The van der Waals surface area contributed by atoms with Crippen molar-refractivity contribution in [1.29, 1.82) is 0 Å². The highest BCUT2D eigenvalue weighted by atomic mass is 16.3. The molecule has 0 aliphatic carbocycles. The van der Waals surface area contributed by atoms with Crippen molar-refractivity contribution < 1.29 is 14.0 Å². The molecule has 29 heavy (non-hydrogen) atoms. The summed E-state index contributed by atoms with van der Waals surface area (Å²) in [5.74, 6) is 0.448. The zero-order valence-electron chi connectivity index (χ0n) is 17.5. The molecule has 0 bridgehead atoms. The Labute approximate surface area is 172 Å². The maximum atomic E-state index is 12.5. The van der Waals surface area contributed by atoms with Gasteiger partial charge in [-0.05, 0) is 43.2 Å². The van der Waals surface area contributed by atoms with Gasteiger partial charge < -0.3 is 19.5 Å². The molecule has 1 aliphatic rings. The van der Waals surface area contributed by atoms with Gasteiger partial charge >= 0.3 is 0 Å². The summed E-state index contributed by atoms with van der Waals surface area (Å²) in [6, 6.07) is 9.97. The normalized spacial score (nSPS) is 14.7. The zero-order chi connectivity index (χ0) is 20.8. The highest BCUT2D eigenvalue weighted by Gasteiger charge is 2.22. The van der Waals surface area contributed by atoms with Gasteiger partial charge in [-0.3, -0.25) is 14.5 Å². The zero-order valence-corrected chi connectivity index (χ0v) is 17.5. The second kappa shape index (κ2) is 9.60. The summed E-state index contributed by atoms with van der Waals surface area (Å²) in [5, 5.41) is 2.76. The van der Waals surface area contributed by atoms with Gasteiger partial charge in [0.1, 0.15) is 5.76 Å². The predicted octanol–water partition coefficient (Wildman–Crippen LogP) is 1.79. The molecule has 2 heterocycles.